The summed E-state index contributed by atoms with van der Waals surface area (Å²) < 4.78 is 0.935. The second-order valence-corrected chi connectivity index (χ2v) is 5.19. The molecule has 1 aliphatic rings. The van der Waals surface area contributed by atoms with Crippen molar-refractivity contribution in [2.75, 3.05) is 5.32 Å². The van der Waals surface area contributed by atoms with Gasteiger partial charge < -0.3 is 5.32 Å². The lowest BCUT2D eigenvalue weighted by Gasteiger charge is -2.33. The Balaban J connectivity index is 2.02. The SMILES string of the molecule is CC1CC(Nc2ncc(Cl)cc2Br)C1. The van der Waals surface area contributed by atoms with Gasteiger partial charge in [0.2, 0.25) is 0 Å². The second-order valence-electron chi connectivity index (χ2n) is 3.90. The summed E-state index contributed by atoms with van der Waals surface area (Å²) in [5, 5.41) is 4.04. The van der Waals surface area contributed by atoms with E-state index in [2.05, 4.69) is 33.2 Å². The van der Waals surface area contributed by atoms with E-state index in [4.69, 9.17) is 11.6 Å². The normalized spacial score (nSPS) is 25.6. The number of pyridine rings is 1. The number of rotatable bonds is 2. The van der Waals surface area contributed by atoms with Crippen molar-refractivity contribution >= 4 is 33.3 Å². The average molecular weight is 276 g/mol. The van der Waals surface area contributed by atoms with Crippen molar-refractivity contribution in [2.24, 2.45) is 5.92 Å². The van der Waals surface area contributed by atoms with Gasteiger partial charge in [-0.1, -0.05) is 18.5 Å². The highest BCUT2D eigenvalue weighted by molar-refractivity contribution is 9.10. The Morgan fingerprint density at radius 1 is 1.57 bits per heavy atom. The van der Waals surface area contributed by atoms with E-state index < -0.39 is 0 Å². The highest BCUT2D eigenvalue weighted by Gasteiger charge is 2.25. The molecule has 1 aromatic rings. The Labute approximate surface area is 97.2 Å². The van der Waals surface area contributed by atoms with E-state index in [1.54, 1.807) is 6.20 Å². The Morgan fingerprint density at radius 2 is 2.29 bits per heavy atom. The van der Waals surface area contributed by atoms with Crippen LogP contribution in [0.5, 0.6) is 0 Å². The fourth-order valence-electron chi connectivity index (χ4n) is 1.73. The largest absolute Gasteiger partial charge is 0.366 e. The number of nitrogens with one attached hydrogen (secondary N) is 1. The summed E-state index contributed by atoms with van der Waals surface area (Å²) in [6.45, 7) is 2.27. The van der Waals surface area contributed by atoms with Crippen LogP contribution in [0.25, 0.3) is 0 Å². The minimum atomic E-state index is 0.579. The quantitative estimate of drug-likeness (QED) is 0.890. The fourth-order valence-corrected chi connectivity index (χ4v) is 2.49. The molecule has 2 rings (SSSR count). The smallest absolute Gasteiger partial charge is 0.140 e. The number of hydrogen-bond donors (Lipinski definition) is 1. The molecule has 0 saturated heterocycles. The van der Waals surface area contributed by atoms with Crippen LogP contribution in [0.15, 0.2) is 16.7 Å². The van der Waals surface area contributed by atoms with E-state index in [1.165, 1.54) is 12.8 Å². The Morgan fingerprint density at radius 3 is 2.86 bits per heavy atom. The molecule has 0 amide bonds. The van der Waals surface area contributed by atoms with Crippen molar-refractivity contribution < 1.29 is 0 Å². The lowest BCUT2D eigenvalue weighted by Crippen LogP contribution is -2.34. The molecule has 1 heterocycles. The molecule has 0 unspecified atom stereocenters. The van der Waals surface area contributed by atoms with Gasteiger partial charge in [-0.2, -0.15) is 0 Å². The van der Waals surface area contributed by atoms with Crippen molar-refractivity contribution in [3.8, 4) is 0 Å². The van der Waals surface area contributed by atoms with Crippen LogP contribution in [0.4, 0.5) is 5.82 Å². The van der Waals surface area contributed by atoms with Crippen LogP contribution in [0.3, 0.4) is 0 Å². The molecule has 1 aromatic heterocycles. The molecule has 0 radical (unpaired) electrons. The van der Waals surface area contributed by atoms with E-state index in [0.717, 1.165) is 16.2 Å². The van der Waals surface area contributed by atoms with Crippen LogP contribution in [0, 0.1) is 5.92 Å². The molecule has 1 N–H and O–H groups in total. The van der Waals surface area contributed by atoms with Gasteiger partial charge in [0, 0.05) is 12.2 Å². The molecule has 0 aliphatic heterocycles. The third-order valence-electron chi connectivity index (χ3n) is 2.52. The second kappa shape index (κ2) is 4.07. The first-order valence-electron chi connectivity index (χ1n) is 4.72. The number of nitrogens with zero attached hydrogens (tertiary/aromatic N) is 1. The maximum atomic E-state index is 5.80. The number of aromatic nitrogens is 1. The van der Waals surface area contributed by atoms with Gasteiger partial charge in [0.25, 0.3) is 0 Å². The van der Waals surface area contributed by atoms with E-state index in [9.17, 15) is 0 Å². The van der Waals surface area contributed by atoms with Crippen LogP contribution >= 0.6 is 27.5 Å². The van der Waals surface area contributed by atoms with Gasteiger partial charge in [0.1, 0.15) is 5.82 Å². The minimum absolute atomic E-state index is 0.579. The van der Waals surface area contributed by atoms with E-state index in [0.29, 0.717) is 11.1 Å². The number of hydrogen-bond acceptors (Lipinski definition) is 2. The fraction of sp³-hybridized carbons (Fsp3) is 0.500. The van der Waals surface area contributed by atoms with Crippen LogP contribution in [-0.4, -0.2) is 11.0 Å². The maximum Gasteiger partial charge on any atom is 0.140 e. The van der Waals surface area contributed by atoms with Crippen molar-refractivity contribution in [3.63, 3.8) is 0 Å². The van der Waals surface area contributed by atoms with Crippen molar-refractivity contribution in [3.05, 3.63) is 21.8 Å². The summed E-state index contributed by atoms with van der Waals surface area (Å²) in [5.74, 6) is 1.74. The lowest BCUT2D eigenvalue weighted by atomic mass is 9.82. The molecular weight excluding hydrogens is 263 g/mol. The van der Waals surface area contributed by atoms with Crippen molar-refractivity contribution in [1.82, 2.24) is 4.98 Å². The third-order valence-corrected chi connectivity index (χ3v) is 3.33. The molecule has 1 saturated carbocycles. The number of halogens is 2. The van der Waals surface area contributed by atoms with Gasteiger partial charge in [-0.3, -0.25) is 0 Å². The molecule has 0 spiro atoms. The standard InChI is InChI=1S/C10H12BrClN2/c1-6-2-8(3-6)14-10-9(11)4-7(12)5-13-10/h4-6,8H,2-3H2,1H3,(H,13,14). The molecule has 0 atom stereocenters. The molecule has 76 valence electrons. The van der Waals surface area contributed by atoms with Crippen molar-refractivity contribution in [2.45, 2.75) is 25.8 Å². The average Bonchev–Trinajstić information content (AvgIpc) is 2.06. The Hall–Kier alpha value is -0.280. The summed E-state index contributed by atoms with van der Waals surface area (Å²) in [5.41, 5.74) is 0. The van der Waals surface area contributed by atoms with Gasteiger partial charge in [0.05, 0.1) is 9.50 Å². The number of anilines is 1. The third kappa shape index (κ3) is 2.20. The first-order chi connectivity index (χ1) is 6.65. The van der Waals surface area contributed by atoms with Gasteiger partial charge in [-0.25, -0.2) is 4.98 Å². The monoisotopic (exact) mass is 274 g/mol. The molecule has 4 heteroatoms. The molecule has 14 heavy (non-hydrogen) atoms. The summed E-state index contributed by atoms with van der Waals surface area (Å²) >= 11 is 9.24. The summed E-state index contributed by atoms with van der Waals surface area (Å²) in [6, 6.07) is 2.44. The van der Waals surface area contributed by atoms with Gasteiger partial charge in [-0.05, 0) is 40.8 Å². The zero-order valence-electron chi connectivity index (χ0n) is 7.93. The Kier molecular flexibility index (Phi) is 2.98. The first kappa shape index (κ1) is 10.2. The van der Waals surface area contributed by atoms with Crippen LogP contribution < -0.4 is 5.32 Å². The van der Waals surface area contributed by atoms with Crippen molar-refractivity contribution in [1.29, 1.82) is 0 Å². The topological polar surface area (TPSA) is 24.9 Å². The maximum absolute atomic E-state index is 5.80. The van der Waals surface area contributed by atoms with E-state index in [1.807, 2.05) is 6.07 Å². The Bertz CT molecular complexity index is 337. The first-order valence-corrected chi connectivity index (χ1v) is 5.90. The van der Waals surface area contributed by atoms with Crippen LogP contribution in [-0.2, 0) is 0 Å². The molecule has 1 fully saturated rings. The lowest BCUT2D eigenvalue weighted by molar-refractivity contribution is 0.308. The van der Waals surface area contributed by atoms with E-state index >= 15 is 0 Å². The van der Waals surface area contributed by atoms with E-state index in [-0.39, 0.29) is 0 Å². The molecule has 1 aliphatic carbocycles. The predicted octanol–water partition coefficient (Wildman–Crippen LogP) is 3.71. The zero-order chi connectivity index (χ0) is 10.1. The zero-order valence-corrected chi connectivity index (χ0v) is 10.3. The molecule has 0 bridgehead atoms. The van der Waals surface area contributed by atoms with Crippen LogP contribution in [0.2, 0.25) is 5.02 Å². The summed E-state index contributed by atoms with van der Waals surface area (Å²) in [4.78, 5) is 4.23. The van der Waals surface area contributed by atoms with Crippen LogP contribution in [0.1, 0.15) is 19.8 Å². The van der Waals surface area contributed by atoms with Gasteiger partial charge in [0.15, 0.2) is 0 Å². The highest BCUT2D eigenvalue weighted by atomic mass is 79.9. The summed E-state index contributed by atoms with van der Waals surface area (Å²) in [7, 11) is 0. The summed E-state index contributed by atoms with van der Waals surface area (Å²) in [6.07, 6.45) is 4.13. The minimum Gasteiger partial charge on any atom is -0.366 e. The highest BCUT2D eigenvalue weighted by Crippen LogP contribution is 2.31. The molecular formula is C10H12BrClN2. The van der Waals surface area contributed by atoms with Gasteiger partial charge in [-0.15, -0.1) is 0 Å². The molecule has 0 aromatic carbocycles. The molecule has 2 nitrogen and oxygen atoms in total. The predicted molar refractivity (Wildman–Crippen MR) is 62.8 cm³/mol. The van der Waals surface area contributed by atoms with Gasteiger partial charge >= 0.3 is 0 Å².